The molecule has 9 heteroatoms. The first-order valence-corrected chi connectivity index (χ1v) is 8.67. The molecule has 0 saturated carbocycles. The molecular formula is C17H22F2N6O. The standard InChI is InChI=1S/C17H22F2N6O/c1-12(2)9-17(26)24-7-5-23(6-8-24)11-16-20-21-22-25(16)13-3-4-14(18)15(19)10-13/h3-4,10,12H,5-9,11H2,1-2H3. The summed E-state index contributed by atoms with van der Waals surface area (Å²) in [7, 11) is 0. The number of amides is 1. The molecule has 0 spiro atoms. The summed E-state index contributed by atoms with van der Waals surface area (Å²) in [6.45, 7) is 7.30. The fourth-order valence-electron chi connectivity index (χ4n) is 2.96. The maximum absolute atomic E-state index is 13.5. The summed E-state index contributed by atoms with van der Waals surface area (Å²) < 4.78 is 28.0. The fourth-order valence-corrected chi connectivity index (χ4v) is 2.96. The molecule has 26 heavy (non-hydrogen) atoms. The molecule has 0 atom stereocenters. The van der Waals surface area contributed by atoms with Crippen molar-refractivity contribution in [3.63, 3.8) is 0 Å². The third kappa shape index (κ3) is 4.21. The number of halogens is 2. The highest BCUT2D eigenvalue weighted by molar-refractivity contribution is 5.76. The molecule has 2 aromatic rings. The van der Waals surface area contributed by atoms with E-state index in [2.05, 4.69) is 20.4 Å². The lowest BCUT2D eigenvalue weighted by Gasteiger charge is -2.34. The summed E-state index contributed by atoms with van der Waals surface area (Å²) in [5.74, 6) is -0.780. The molecule has 1 amide bonds. The van der Waals surface area contributed by atoms with Crippen LogP contribution in [0.1, 0.15) is 26.1 Å². The minimum Gasteiger partial charge on any atom is -0.340 e. The number of nitrogens with zero attached hydrogens (tertiary/aromatic N) is 6. The third-order valence-electron chi connectivity index (χ3n) is 4.35. The molecule has 2 heterocycles. The zero-order chi connectivity index (χ0) is 18.7. The predicted molar refractivity (Wildman–Crippen MR) is 90.4 cm³/mol. The second-order valence-corrected chi connectivity index (χ2v) is 6.86. The van der Waals surface area contributed by atoms with Crippen molar-refractivity contribution in [1.82, 2.24) is 30.0 Å². The topological polar surface area (TPSA) is 67.2 Å². The van der Waals surface area contributed by atoms with Crippen LogP contribution in [0.5, 0.6) is 0 Å². The van der Waals surface area contributed by atoms with E-state index >= 15 is 0 Å². The van der Waals surface area contributed by atoms with Gasteiger partial charge in [0, 0.05) is 38.7 Å². The van der Waals surface area contributed by atoms with E-state index in [9.17, 15) is 13.6 Å². The molecule has 1 fully saturated rings. The Morgan fingerprint density at radius 3 is 2.54 bits per heavy atom. The van der Waals surface area contributed by atoms with Crippen molar-refractivity contribution in [3.8, 4) is 5.69 Å². The smallest absolute Gasteiger partial charge is 0.222 e. The third-order valence-corrected chi connectivity index (χ3v) is 4.35. The van der Waals surface area contributed by atoms with Crippen LogP contribution >= 0.6 is 0 Å². The van der Waals surface area contributed by atoms with E-state index in [4.69, 9.17) is 0 Å². The Kier molecular flexibility index (Phi) is 5.55. The van der Waals surface area contributed by atoms with E-state index < -0.39 is 11.6 Å². The first kappa shape index (κ1) is 18.4. The maximum atomic E-state index is 13.5. The van der Waals surface area contributed by atoms with Crippen LogP contribution in [0.25, 0.3) is 5.69 Å². The zero-order valence-corrected chi connectivity index (χ0v) is 14.9. The SMILES string of the molecule is CC(C)CC(=O)N1CCN(Cc2nnnn2-c2ccc(F)c(F)c2)CC1. The predicted octanol–water partition coefficient (Wildman–Crippen LogP) is 1.63. The summed E-state index contributed by atoms with van der Waals surface area (Å²) in [6, 6.07) is 3.55. The molecular weight excluding hydrogens is 342 g/mol. The first-order chi connectivity index (χ1) is 12.4. The van der Waals surface area contributed by atoms with Crippen molar-refractivity contribution < 1.29 is 13.6 Å². The zero-order valence-electron chi connectivity index (χ0n) is 14.9. The second-order valence-electron chi connectivity index (χ2n) is 6.86. The van der Waals surface area contributed by atoms with Crippen LogP contribution in [0.15, 0.2) is 18.2 Å². The average molecular weight is 364 g/mol. The van der Waals surface area contributed by atoms with Gasteiger partial charge in [0.25, 0.3) is 0 Å². The Balaban J connectivity index is 1.62. The molecule has 0 radical (unpaired) electrons. The van der Waals surface area contributed by atoms with Gasteiger partial charge in [-0.1, -0.05) is 13.8 Å². The van der Waals surface area contributed by atoms with Crippen LogP contribution in [0.3, 0.4) is 0 Å². The Hall–Kier alpha value is -2.42. The number of hydrogen-bond donors (Lipinski definition) is 0. The average Bonchev–Trinajstić information content (AvgIpc) is 3.05. The van der Waals surface area contributed by atoms with Gasteiger partial charge in [-0.15, -0.1) is 5.10 Å². The van der Waals surface area contributed by atoms with Gasteiger partial charge in [-0.2, -0.15) is 4.68 Å². The van der Waals surface area contributed by atoms with Gasteiger partial charge in [0.15, 0.2) is 17.5 Å². The Bertz CT molecular complexity index is 770. The molecule has 0 unspecified atom stereocenters. The van der Waals surface area contributed by atoms with Crippen molar-refractivity contribution in [1.29, 1.82) is 0 Å². The normalized spacial score (nSPS) is 15.7. The van der Waals surface area contributed by atoms with Crippen molar-refractivity contribution in [2.24, 2.45) is 5.92 Å². The highest BCUT2D eigenvalue weighted by atomic mass is 19.2. The minimum atomic E-state index is -0.943. The van der Waals surface area contributed by atoms with E-state index in [1.54, 1.807) is 0 Å². The van der Waals surface area contributed by atoms with Gasteiger partial charge >= 0.3 is 0 Å². The van der Waals surface area contributed by atoms with Gasteiger partial charge < -0.3 is 4.90 Å². The van der Waals surface area contributed by atoms with Crippen LogP contribution < -0.4 is 0 Å². The van der Waals surface area contributed by atoms with Gasteiger partial charge in [0.05, 0.1) is 12.2 Å². The van der Waals surface area contributed by atoms with E-state index in [1.165, 1.54) is 10.7 Å². The van der Waals surface area contributed by atoms with E-state index in [1.807, 2.05) is 18.7 Å². The number of hydrogen-bond acceptors (Lipinski definition) is 5. The van der Waals surface area contributed by atoms with Crippen LogP contribution in [0.2, 0.25) is 0 Å². The lowest BCUT2D eigenvalue weighted by atomic mass is 10.1. The van der Waals surface area contributed by atoms with Gasteiger partial charge in [0.1, 0.15) is 0 Å². The Morgan fingerprint density at radius 2 is 1.88 bits per heavy atom. The lowest BCUT2D eigenvalue weighted by molar-refractivity contribution is -0.133. The van der Waals surface area contributed by atoms with Gasteiger partial charge in [-0.25, -0.2) is 8.78 Å². The number of benzene rings is 1. The molecule has 0 N–H and O–H groups in total. The number of carbonyl (C=O) groups excluding carboxylic acids is 1. The van der Waals surface area contributed by atoms with Gasteiger partial charge in [-0.05, 0) is 28.5 Å². The van der Waals surface area contributed by atoms with Gasteiger partial charge in [-0.3, -0.25) is 9.69 Å². The number of piperazine rings is 1. The van der Waals surface area contributed by atoms with E-state index in [0.29, 0.717) is 56.6 Å². The van der Waals surface area contributed by atoms with Crippen molar-refractivity contribution in [2.45, 2.75) is 26.8 Å². The summed E-state index contributed by atoms with van der Waals surface area (Å²) in [4.78, 5) is 16.2. The van der Waals surface area contributed by atoms with Crippen LogP contribution in [0, 0.1) is 17.6 Å². The molecule has 3 rings (SSSR count). The highest BCUT2D eigenvalue weighted by Crippen LogP contribution is 2.15. The van der Waals surface area contributed by atoms with E-state index in [0.717, 1.165) is 12.1 Å². The first-order valence-electron chi connectivity index (χ1n) is 8.67. The molecule has 1 aliphatic heterocycles. The molecule has 1 aromatic carbocycles. The largest absolute Gasteiger partial charge is 0.340 e. The van der Waals surface area contributed by atoms with Crippen LogP contribution in [-0.4, -0.2) is 62.1 Å². The number of rotatable bonds is 5. The van der Waals surface area contributed by atoms with Crippen LogP contribution in [-0.2, 0) is 11.3 Å². The summed E-state index contributed by atoms with van der Waals surface area (Å²) in [5.41, 5.74) is 0.370. The van der Waals surface area contributed by atoms with Crippen molar-refractivity contribution in [3.05, 3.63) is 35.7 Å². The molecule has 1 saturated heterocycles. The Labute approximate surface area is 150 Å². The fraction of sp³-hybridized carbons (Fsp3) is 0.529. The number of carbonyl (C=O) groups is 1. The van der Waals surface area contributed by atoms with E-state index in [-0.39, 0.29) is 5.91 Å². The van der Waals surface area contributed by atoms with Gasteiger partial charge in [0.2, 0.25) is 5.91 Å². The maximum Gasteiger partial charge on any atom is 0.222 e. The molecule has 7 nitrogen and oxygen atoms in total. The minimum absolute atomic E-state index is 0.186. The summed E-state index contributed by atoms with van der Waals surface area (Å²) >= 11 is 0. The van der Waals surface area contributed by atoms with Crippen molar-refractivity contribution >= 4 is 5.91 Å². The lowest BCUT2D eigenvalue weighted by Crippen LogP contribution is -2.48. The summed E-state index contributed by atoms with van der Waals surface area (Å²) in [6.07, 6.45) is 0.564. The molecule has 1 aromatic heterocycles. The Morgan fingerprint density at radius 1 is 1.15 bits per heavy atom. The highest BCUT2D eigenvalue weighted by Gasteiger charge is 2.23. The number of tetrazole rings is 1. The monoisotopic (exact) mass is 364 g/mol. The molecule has 1 aliphatic rings. The molecule has 0 aliphatic carbocycles. The van der Waals surface area contributed by atoms with Crippen molar-refractivity contribution in [2.75, 3.05) is 26.2 Å². The molecule has 0 bridgehead atoms. The number of aromatic nitrogens is 4. The quantitative estimate of drug-likeness (QED) is 0.807. The van der Waals surface area contributed by atoms with Crippen LogP contribution in [0.4, 0.5) is 8.78 Å². The summed E-state index contributed by atoms with van der Waals surface area (Å²) in [5, 5.41) is 11.5. The second kappa shape index (κ2) is 7.86. The molecule has 140 valence electrons.